The lowest BCUT2D eigenvalue weighted by atomic mass is 10.1. The second-order valence-corrected chi connectivity index (χ2v) is 4.12. The minimum atomic E-state index is -4.62. The van der Waals surface area contributed by atoms with Crippen LogP contribution in [0.3, 0.4) is 0 Å². The molecule has 0 saturated heterocycles. The van der Waals surface area contributed by atoms with Gasteiger partial charge in [-0.3, -0.25) is 0 Å². The van der Waals surface area contributed by atoms with Crippen LogP contribution >= 0.6 is 11.8 Å². The van der Waals surface area contributed by atoms with Crippen molar-refractivity contribution in [3.63, 3.8) is 0 Å². The Bertz CT molecular complexity index is 522. The maximum atomic E-state index is 12.3. The average molecular weight is 277 g/mol. The first-order valence-electron chi connectivity index (χ1n) is 4.39. The van der Waals surface area contributed by atoms with Crippen molar-refractivity contribution in [1.29, 1.82) is 5.26 Å². The summed E-state index contributed by atoms with van der Waals surface area (Å²) in [6, 6.07) is 3.12. The Labute approximate surface area is 104 Å². The highest BCUT2D eigenvalue weighted by molar-refractivity contribution is 8.00. The van der Waals surface area contributed by atoms with E-state index in [1.54, 1.807) is 6.07 Å². The zero-order chi connectivity index (χ0) is 13.9. The van der Waals surface area contributed by atoms with Gasteiger partial charge in [0.25, 0.3) is 0 Å². The van der Waals surface area contributed by atoms with E-state index in [4.69, 9.17) is 5.26 Å². The van der Waals surface area contributed by atoms with Crippen LogP contribution in [0.1, 0.15) is 15.9 Å². The van der Waals surface area contributed by atoms with Gasteiger partial charge in [0, 0.05) is 4.90 Å². The lowest BCUT2D eigenvalue weighted by molar-refractivity contribution is -0.0328. The summed E-state index contributed by atoms with van der Waals surface area (Å²) >= 11 is -0.566. The van der Waals surface area contributed by atoms with Crippen molar-refractivity contribution >= 4 is 17.7 Å². The van der Waals surface area contributed by atoms with Crippen LogP contribution < -0.4 is 0 Å². The standard InChI is InChI=1S/C10H6F3NO3S/c1-17-9(16)6-2-5(4-14)7(15)3-8(6)18-10(11,12)13/h2-3,15H,1H3. The highest BCUT2D eigenvalue weighted by atomic mass is 32.2. The molecule has 0 aliphatic heterocycles. The molecular weight excluding hydrogens is 271 g/mol. The van der Waals surface area contributed by atoms with E-state index in [0.717, 1.165) is 13.2 Å². The second-order valence-electron chi connectivity index (χ2n) is 3.02. The number of hydrogen-bond acceptors (Lipinski definition) is 5. The van der Waals surface area contributed by atoms with Gasteiger partial charge in [0.1, 0.15) is 11.8 Å². The number of nitriles is 1. The monoisotopic (exact) mass is 277 g/mol. The van der Waals surface area contributed by atoms with Gasteiger partial charge in [-0.05, 0) is 23.9 Å². The minimum absolute atomic E-state index is 0.304. The number of esters is 1. The van der Waals surface area contributed by atoms with Crippen molar-refractivity contribution in [2.24, 2.45) is 0 Å². The maximum Gasteiger partial charge on any atom is 0.446 e. The third-order valence-corrected chi connectivity index (χ3v) is 2.64. The first kappa shape index (κ1) is 14.2. The highest BCUT2D eigenvalue weighted by Crippen LogP contribution is 2.40. The molecule has 0 atom stereocenters. The van der Waals surface area contributed by atoms with Gasteiger partial charge in [-0.2, -0.15) is 18.4 Å². The number of hydrogen-bond donors (Lipinski definition) is 1. The number of halogens is 3. The summed E-state index contributed by atoms with van der Waals surface area (Å²) in [6.07, 6.45) is 0. The van der Waals surface area contributed by atoms with Crippen LogP contribution in [-0.4, -0.2) is 23.7 Å². The molecule has 1 rings (SSSR count). The number of benzene rings is 1. The third kappa shape index (κ3) is 3.30. The molecule has 0 amide bonds. The van der Waals surface area contributed by atoms with E-state index in [2.05, 4.69) is 4.74 Å². The molecule has 18 heavy (non-hydrogen) atoms. The Morgan fingerprint density at radius 2 is 2.11 bits per heavy atom. The van der Waals surface area contributed by atoms with Gasteiger partial charge in [0.2, 0.25) is 0 Å². The van der Waals surface area contributed by atoms with Crippen LogP contribution in [0.2, 0.25) is 0 Å². The molecule has 96 valence electrons. The quantitative estimate of drug-likeness (QED) is 0.664. The molecule has 0 aliphatic carbocycles. The number of carbonyl (C=O) groups is 1. The number of nitrogens with zero attached hydrogens (tertiary/aromatic N) is 1. The summed E-state index contributed by atoms with van der Waals surface area (Å²) in [5.74, 6) is -1.64. The number of ether oxygens (including phenoxy) is 1. The molecule has 0 spiro atoms. The lowest BCUT2D eigenvalue weighted by Crippen LogP contribution is -2.07. The molecular formula is C10H6F3NO3S. The largest absolute Gasteiger partial charge is 0.507 e. The molecule has 0 bridgehead atoms. The number of aromatic hydroxyl groups is 1. The third-order valence-electron chi connectivity index (χ3n) is 1.85. The van der Waals surface area contributed by atoms with Gasteiger partial charge >= 0.3 is 11.5 Å². The second kappa shape index (κ2) is 5.18. The average Bonchev–Trinajstić information content (AvgIpc) is 2.26. The van der Waals surface area contributed by atoms with Gasteiger partial charge in [-0.1, -0.05) is 0 Å². The van der Waals surface area contributed by atoms with E-state index in [1.807, 2.05) is 0 Å². The number of rotatable bonds is 2. The Morgan fingerprint density at radius 1 is 1.50 bits per heavy atom. The molecule has 0 saturated carbocycles. The predicted octanol–water partition coefficient (Wildman–Crippen LogP) is 2.66. The van der Waals surface area contributed by atoms with E-state index in [1.165, 1.54) is 0 Å². The van der Waals surface area contributed by atoms with Gasteiger partial charge in [0.15, 0.2) is 0 Å². The van der Waals surface area contributed by atoms with Crippen molar-refractivity contribution in [1.82, 2.24) is 0 Å². The smallest absolute Gasteiger partial charge is 0.446 e. The molecule has 0 aromatic heterocycles. The SMILES string of the molecule is COC(=O)c1cc(C#N)c(O)cc1SC(F)(F)F. The van der Waals surface area contributed by atoms with Crippen LogP contribution in [0.4, 0.5) is 13.2 Å². The van der Waals surface area contributed by atoms with E-state index in [0.29, 0.717) is 6.07 Å². The number of phenols is 1. The van der Waals surface area contributed by atoms with Crippen molar-refractivity contribution in [2.45, 2.75) is 10.4 Å². The van der Waals surface area contributed by atoms with Crippen molar-refractivity contribution in [3.8, 4) is 11.8 Å². The summed E-state index contributed by atoms with van der Waals surface area (Å²) in [5.41, 5.74) is -5.35. The Morgan fingerprint density at radius 3 is 2.56 bits per heavy atom. The molecule has 0 heterocycles. The predicted molar refractivity (Wildman–Crippen MR) is 56.1 cm³/mol. The summed E-state index contributed by atoms with van der Waals surface area (Å²) < 4.78 is 41.1. The number of alkyl halides is 3. The van der Waals surface area contributed by atoms with Crippen LogP contribution in [-0.2, 0) is 4.74 Å². The molecule has 1 aromatic rings. The fourth-order valence-electron chi connectivity index (χ4n) is 1.14. The van der Waals surface area contributed by atoms with Gasteiger partial charge in [-0.25, -0.2) is 4.79 Å². The van der Waals surface area contributed by atoms with Crippen LogP contribution in [0.5, 0.6) is 5.75 Å². The zero-order valence-electron chi connectivity index (χ0n) is 8.91. The molecule has 4 nitrogen and oxygen atoms in total. The molecule has 0 fully saturated rings. The lowest BCUT2D eigenvalue weighted by Gasteiger charge is -2.11. The molecule has 1 N–H and O–H groups in total. The number of phenolic OH excluding ortho intramolecular Hbond substituents is 1. The summed E-state index contributed by atoms with van der Waals surface area (Å²) in [6.45, 7) is 0. The normalized spacial score (nSPS) is 10.8. The Balaban J connectivity index is 3.35. The zero-order valence-corrected chi connectivity index (χ0v) is 9.72. The van der Waals surface area contributed by atoms with Crippen molar-refractivity contribution < 1.29 is 27.8 Å². The summed E-state index contributed by atoms with van der Waals surface area (Å²) in [5, 5.41) is 17.9. The number of methoxy groups -OCH3 is 1. The van der Waals surface area contributed by atoms with E-state index in [-0.39, 0.29) is 5.56 Å². The van der Waals surface area contributed by atoms with Gasteiger partial charge in [-0.15, -0.1) is 0 Å². The van der Waals surface area contributed by atoms with E-state index in [9.17, 15) is 23.1 Å². The minimum Gasteiger partial charge on any atom is -0.507 e. The first-order valence-corrected chi connectivity index (χ1v) is 5.21. The molecule has 1 aromatic carbocycles. The van der Waals surface area contributed by atoms with Gasteiger partial charge in [0.05, 0.1) is 18.2 Å². The van der Waals surface area contributed by atoms with E-state index >= 15 is 0 Å². The molecule has 0 unspecified atom stereocenters. The van der Waals surface area contributed by atoms with Crippen LogP contribution in [0.15, 0.2) is 17.0 Å². The fourth-order valence-corrected chi connectivity index (χ4v) is 1.81. The summed E-state index contributed by atoms with van der Waals surface area (Å²) in [4.78, 5) is 10.8. The molecule has 8 heteroatoms. The Hall–Kier alpha value is -1.88. The fraction of sp³-hybridized carbons (Fsp3) is 0.200. The topological polar surface area (TPSA) is 70.3 Å². The van der Waals surface area contributed by atoms with Crippen molar-refractivity contribution in [3.05, 3.63) is 23.3 Å². The van der Waals surface area contributed by atoms with E-state index < -0.39 is 39.4 Å². The number of thioether (sulfide) groups is 1. The number of carbonyl (C=O) groups excluding carboxylic acids is 1. The molecule has 0 aliphatic rings. The van der Waals surface area contributed by atoms with Crippen molar-refractivity contribution in [2.75, 3.05) is 7.11 Å². The molecule has 0 radical (unpaired) electrons. The van der Waals surface area contributed by atoms with Gasteiger partial charge < -0.3 is 9.84 Å². The van der Waals surface area contributed by atoms with Crippen LogP contribution in [0, 0.1) is 11.3 Å². The van der Waals surface area contributed by atoms with Crippen LogP contribution in [0.25, 0.3) is 0 Å². The maximum absolute atomic E-state index is 12.3. The first-order chi connectivity index (χ1) is 8.28. The Kier molecular flexibility index (Phi) is 4.08. The highest BCUT2D eigenvalue weighted by Gasteiger charge is 2.32. The summed E-state index contributed by atoms with van der Waals surface area (Å²) in [7, 11) is 1.00.